The van der Waals surface area contributed by atoms with Gasteiger partial charge in [-0.15, -0.1) is 0 Å². The van der Waals surface area contributed by atoms with Crippen LogP contribution in [-0.2, 0) is 0 Å². The summed E-state index contributed by atoms with van der Waals surface area (Å²) in [5.74, 6) is -0.576. The highest BCUT2D eigenvalue weighted by molar-refractivity contribution is 9.10. The standard InChI is InChI=1S/C17H16BrFO2/c1-10-4-5-11(2)14(8-10)17(20)12(3)21-16-7-6-13(18)9-15(16)19/h4-9,12H,1-3H3. The Morgan fingerprint density at radius 3 is 2.57 bits per heavy atom. The van der Waals surface area contributed by atoms with Gasteiger partial charge in [-0.25, -0.2) is 4.39 Å². The maximum Gasteiger partial charge on any atom is 0.203 e. The zero-order chi connectivity index (χ0) is 15.6. The average Bonchev–Trinajstić information content (AvgIpc) is 2.43. The minimum absolute atomic E-state index is 0.0735. The van der Waals surface area contributed by atoms with Crippen molar-refractivity contribution in [2.45, 2.75) is 26.9 Å². The monoisotopic (exact) mass is 350 g/mol. The molecule has 0 aliphatic rings. The molecule has 110 valence electrons. The summed E-state index contributed by atoms with van der Waals surface area (Å²) in [5.41, 5.74) is 2.50. The SMILES string of the molecule is Cc1ccc(C)c(C(=O)C(C)Oc2ccc(Br)cc2F)c1. The molecule has 0 amide bonds. The molecule has 21 heavy (non-hydrogen) atoms. The first-order chi connectivity index (χ1) is 9.88. The van der Waals surface area contributed by atoms with Crippen LogP contribution in [0.25, 0.3) is 0 Å². The van der Waals surface area contributed by atoms with E-state index in [4.69, 9.17) is 4.74 Å². The smallest absolute Gasteiger partial charge is 0.203 e. The van der Waals surface area contributed by atoms with Crippen molar-refractivity contribution >= 4 is 21.7 Å². The molecule has 0 bridgehead atoms. The third-order valence-corrected chi connectivity index (χ3v) is 3.72. The second kappa shape index (κ2) is 6.39. The number of hydrogen-bond acceptors (Lipinski definition) is 2. The summed E-state index contributed by atoms with van der Waals surface area (Å²) in [6.07, 6.45) is -0.749. The first-order valence-electron chi connectivity index (χ1n) is 6.61. The lowest BCUT2D eigenvalue weighted by Gasteiger charge is -2.16. The van der Waals surface area contributed by atoms with Crippen molar-refractivity contribution in [3.63, 3.8) is 0 Å². The van der Waals surface area contributed by atoms with Crippen LogP contribution in [0, 0.1) is 19.7 Å². The average molecular weight is 351 g/mol. The van der Waals surface area contributed by atoms with E-state index in [0.717, 1.165) is 11.1 Å². The predicted octanol–water partition coefficient (Wildman–Crippen LogP) is 4.86. The molecule has 0 spiro atoms. The highest BCUT2D eigenvalue weighted by atomic mass is 79.9. The topological polar surface area (TPSA) is 26.3 Å². The number of benzene rings is 2. The molecule has 0 aliphatic carbocycles. The van der Waals surface area contributed by atoms with Crippen LogP contribution in [-0.4, -0.2) is 11.9 Å². The van der Waals surface area contributed by atoms with Gasteiger partial charge in [0, 0.05) is 10.0 Å². The first kappa shape index (κ1) is 15.7. The van der Waals surface area contributed by atoms with Gasteiger partial charge in [0.15, 0.2) is 17.7 Å². The van der Waals surface area contributed by atoms with Crippen LogP contribution in [0.4, 0.5) is 4.39 Å². The molecule has 0 aromatic heterocycles. The fourth-order valence-corrected chi connectivity index (χ4v) is 2.37. The molecule has 2 aromatic carbocycles. The molecule has 2 aromatic rings. The molecule has 0 heterocycles. The second-order valence-electron chi connectivity index (χ2n) is 5.02. The van der Waals surface area contributed by atoms with E-state index >= 15 is 0 Å². The third kappa shape index (κ3) is 3.70. The zero-order valence-electron chi connectivity index (χ0n) is 12.1. The Morgan fingerprint density at radius 2 is 1.90 bits per heavy atom. The van der Waals surface area contributed by atoms with Crippen molar-refractivity contribution in [1.82, 2.24) is 0 Å². The Morgan fingerprint density at radius 1 is 1.19 bits per heavy atom. The van der Waals surface area contributed by atoms with Crippen molar-refractivity contribution in [1.29, 1.82) is 0 Å². The predicted molar refractivity (Wildman–Crippen MR) is 84.4 cm³/mol. The summed E-state index contributed by atoms with van der Waals surface area (Å²) in [5, 5.41) is 0. The summed E-state index contributed by atoms with van der Waals surface area (Å²) in [6.45, 7) is 5.43. The number of carbonyl (C=O) groups is 1. The number of carbonyl (C=O) groups excluding carboxylic acids is 1. The van der Waals surface area contributed by atoms with Crippen LogP contribution >= 0.6 is 15.9 Å². The van der Waals surface area contributed by atoms with Crippen LogP contribution in [0.5, 0.6) is 5.75 Å². The highest BCUT2D eigenvalue weighted by Crippen LogP contribution is 2.23. The normalized spacial score (nSPS) is 12.0. The van der Waals surface area contributed by atoms with Gasteiger partial charge in [0.2, 0.25) is 5.78 Å². The van der Waals surface area contributed by atoms with Gasteiger partial charge in [0.25, 0.3) is 0 Å². The van der Waals surface area contributed by atoms with Crippen molar-refractivity contribution in [2.75, 3.05) is 0 Å². The molecular weight excluding hydrogens is 335 g/mol. The molecule has 0 N–H and O–H groups in total. The van der Waals surface area contributed by atoms with E-state index in [9.17, 15) is 9.18 Å². The minimum atomic E-state index is -0.749. The number of hydrogen-bond donors (Lipinski definition) is 0. The van der Waals surface area contributed by atoms with E-state index in [0.29, 0.717) is 10.0 Å². The summed E-state index contributed by atoms with van der Waals surface area (Å²) in [7, 11) is 0. The van der Waals surface area contributed by atoms with Gasteiger partial charge in [-0.05, 0) is 50.6 Å². The summed E-state index contributed by atoms with van der Waals surface area (Å²) in [4.78, 5) is 12.4. The molecule has 0 saturated carbocycles. The Labute approximate surface area is 132 Å². The van der Waals surface area contributed by atoms with E-state index in [2.05, 4.69) is 15.9 Å². The first-order valence-corrected chi connectivity index (χ1v) is 7.41. The van der Waals surface area contributed by atoms with E-state index in [1.165, 1.54) is 12.1 Å². The lowest BCUT2D eigenvalue weighted by atomic mass is 9.99. The van der Waals surface area contributed by atoms with E-state index < -0.39 is 11.9 Å². The number of rotatable bonds is 4. The van der Waals surface area contributed by atoms with Gasteiger partial charge in [-0.2, -0.15) is 0 Å². The van der Waals surface area contributed by atoms with Gasteiger partial charge in [0.1, 0.15) is 0 Å². The zero-order valence-corrected chi connectivity index (χ0v) is 13.7. The number of Topliss-reactive ketones (excluding diaryl/α,β-unsaturated/α-hetero) is 1. The Bertz CT molecular complexity index is 682. The van der Waals surface area contributed by atoms with E-state index in [-0.39, 0.29) is 11.5 Å². The van der Waals surface area contributed by atoms with Crippen molar-refractivity contribution in [3.05, 3.63) is 63.4 Å². The summed E-state index contributed by atoms with van der Waals surface area (Å²) in [6, 6.07) is 10.2. The molecule has 1 unspecified atom stereocenters. The molecule has 0 saturated heterocycles. The van der Waals surface area contributed by atoms with Gasteiger partial charge >= 0.3 is 0 Å². The number of halogens is 2. The molecule has 4 heteroatoms. The quantitative estimate of drug-likeness (QED) is 0.736. The molecule has 0 radical (unpaired) electrons. The van der Waals surface area contributed by atoms with Crippen molar-refractivity contribution < 1.29 is 13.9 Å². The van der Waals surface area contributed by atoms with E-state index in [1.807, 2.05) is 32.0 Å². The lowest BCUT2D eigenvalue weighted by Crippen LogP contribution is -2.25. The number of aryl methyl sites for hydroxylation is 2. The van der Waals surface area contributed by atoms with Crippen LogP contribution in [0.3, 0.4) is 0 Å². The fraction of sp³-hybridized carbons (Fsp3) is 0.235. The fourth-order valence-electron chi connectivity index (χ4n) is 2.04. The second-order valence-corrected chi connectivity index (χ2v) is 5.93. The Balaban J connectivity index is 2.21. The van der Waals surface area contributed by atoms with Gasteiger partial charge in [0.05, 0.1) is 0 Å². The molecule has 1 atom stereocenters. The molecule has 0 aliphatic heterocycles. The van der Waals surface area contributed by atoms with Gasteiger partial charge in [-0.3, -0.25) is 4.79 Å². The summed E-state index contributed by atoms with van der Waals surface area (Å²) >= 11 is 3.18. The van der Waals surface area contributed by atoms with Crippen LogP contribution in [0.2, 0.25) is 0 Å². The van der Waals surface area contributed by atoms with Crippen molar-refractivity contribution in [2.24, 2.45) is 0 Å². The maximum absolute atomic E-state index is 13.8. The van der Waals surface area contributed by atoms with Gasteiger partial charge in [-0.1, -0.05) is 33.6 Å². The molecule has 2 nitrogen and oxygen atoms in total. The lowest BCUT2D eigenvalue weighted by molar-refractivity contribution is 0.0811. The third-order valence-electron chi connectivity index (χ3n) is 3.23. The minimum Gasteiger partial charge on any atom is -0.479 e. The molecular formula is C17H16BrFO2. The van der Waals surface area contributed by atoms with E-state index in [1.54, 1.807) is 13.0 Å². The van der Waals surface area contributed by atoms with Crippen molar-refractivity contribution in [3.8, 4) is 5.75 Å². The summed E-state index contributed by atoms with van der Waals surface area (Å²) < 4.78 is 19.8. The Kier molecular flexibility index (Phi) is 4.78. The largest absolute Gasteiger partial charge is 0.479 e. The number of ketones is 1. The van der Waals surface area contributed by atoms with Crippen LogP contribution < -0.4 is 4.74 Å². The maximum atomic E-state index is 13.8. The Hall–Kier alpha value is -1.68. The van der Waals surface area contributed by atoms with Crippen LogP contribution in [0.1, 0.15) is 28.4 Å². The molecule has 0 fully saturated rings. The molecule has 2 rings (SSSR count). The van der Waals surface area contributed by atoms with Gasteiger partial charge < -0.3 is 4.74 Å². The number of ether oxygens (including phenoxy) is 1. The highest BCUT2D eigenvalue weighted by Gasteiger charge is 2.20. The van der Waals surface area contributed by atoms with Crippen LogP contribution in [0.15, 0.2) is 40.9 Å².